The maximum absolute atomic E-state index is 15.1. The van der Waals surface area contributed by atoms with Crippen LogP contribution in [0.15, 0.2) is 36.4 Å². The zero-order valence-corrected chi connectivity index (χ0v) is 31.5. The summed E-state index contributed by atoms with van der Waals surface area (Å²) >= 11 is 1.13. The summed E-state index contributed by atoms with van der Waals surface area (Å²) in [5.41, 5.74) is 5.21. The molecule has 3 aromatic rings. The van der Waals surface area contributed by atoms with Crippen LogP contribution in [0.5, 0.6) is 5.75 Å². The molecule has 247 valence electrons. The SMILES string of the molecule is COc1ccc2c(c1)C1CC1(C(=O)N1CCCC3CN([CH2][Pb])CC31)Cn1c-2c(C2CCCCC2)c2ccc(C(=O)NS(N)(=O)=O)cc21. The van der Waals surface area contributed by atoms with E-state index in [-0.39, 0.29) is 23.4 Å². The van der Waals surface area contributed by atoms with Crippen molar-refractivity contribution in [1.82, 2.24) is 19.1 Å². The molecule has 1 aromatic heterocycles. The van der Waals surface area contributed by atoms with E-state index in [1.807, 2.05) is 16.9 Å². The van der Waals surface area contributed by atoms with Crippen molar-refractivity contribution in [3.63, 3.8) is 0 Å². The van der Waals surface area contributed by atoms with E-state index in [1.165, 1.54) is 36.8 Å². The zero-order chi connectivity index (χ0) is 32.7. The second-order valence-electron chi connectivity index (χ2n) is 14.4. The summed E-state index contributed by atoms with van der Waals surface area (Å²) in [6, 6.07) is 12.1. The number of likely N-dealkylation sites (tertiary alicyclic amines) is 2. The number of benzene rings is 2. The number of methoxy groups -OCH3 is 1. The van der Waals surface area contributed by atoms with Crippen molar-refractivity contribution < 1.29 is 22.7 Å². The van der Waals surface area contributed by atoms with Crippen LogP contribution in [0.1, 0.15) is 84.7 Å². The molecule has 10 nitrogen and oxygen atoms in total. The van der Waals surface area contributed by atoms with Gasteiger partial charge >= 0.3 is 209 Å². The van der Waals surface area contributed by atoms with Gasteiger partial charge in [-0.05, 0) is 18.9 Å². The van der Waals surface area contributed by atoms with Crippen molar-refractivity contribution >= 4 is 58.7 Å². The standard InChI is InChI=1S/C35H42N5O5S.Pb/c1-38-18-23-9-6-14-39(30(23)19-38)34(42)35-17-28(35)27-16-24(45-2)11-13-25(27)32-31(21-7-4-3-5-8-21)26-12-10-22(15-29(26)40(32)20-35)33(41)37-46(36,43)44;/h10-13,15-16,21,23,28,30H,1,3-9,14,17-20H2,2H3,(H,37,41)(H2,36,43,44);. The van der Waals surface area contributed by atoms with Gasteiger partial charge in [0.05, 0.1) is 7.11 Å². The van der Waals surface area contributed by atoms with Crippen LogP contribution >= 0.6 is 0 Å². The Morgan fingerprint density at radius 3 is 2.62 bits per heavy atom. The molecule has 2 saturated carbocycles. The fourth-order valence-electron chi connectivity index (χ4n) is 9.55. The van der Waals surface area contributed by atoms with Gasteiger partial charge in [-0.25, -0.2) is 9.86 Å². The first-order valence-corrected chi connectivity index (χ1v) is 21.3. The predicted molar refractivity (Wildman–Crippen MR) is 181 cm³/mol. The van der Waals surface area contributed by atoms with E-state index in [0.29, 0.717) is 18.4 Å². The molecule has 2 aromatic carbocycles. The summed E-state index contributed by atoms with van der Waals surface area (Å²) in [7, 11) is -2.53. The van der Waals surface area contributed by atoms with Crippen LogP contribution in [0.4, 0.5) is 0 Å². The number of amides is 2. The average Bonchev–Trinajstić information content (AvgIpc) is 3.53. The molecule has 47 heavy (non-hydrogen) atoms. The normalized spacial score (nSPS) is 27.4. The first-order valence-electron chi connectivity index (χ1n) is 17.0. The van der Waals surface area contributed by atoms with Crippen LogP contribution < -0.4 is 14.6 Å². The van der Waals surface area contributed by atoms with Crippen molar-refractivity contribution in [2.75, 3.05) is 30.8 Å². The van der Waals surface area contributed by atoms with Crippen LogP contribution in [0, 0.1) is 11.3 Å². The first kappa shape index (κ1) is 31.8. The fraction of sp³-hybridized carbons (Fsp3) is 0.543. The molecule has 2 amide bonds. The summed E-state index contributed by atoms with van der Waals surface area (Å²) in [4.78, 5) is 32.9. The second kappa shape index (κ2) is 11.8. The molecule has 3 aliphatic heterocycles. The quantitative estimate of drug-likeness (QED) is 0.364. The van der Waals surface area contributed by atoms with E-state index in [9.17, 15) is 13.2 Å². The number of hydrogen-bond donors (Lipinski definition) is 2. The van der Waals surface area contributed by atoms with Crippen molar-refractivity contribution in [3.05, 3.63) is 53.1 Å². The molecule has 3 N–H and O–H groups in total. The molecule has 0 spiro atoms. The van der Waals surface area contributed by atoms with E-state index >= 15 is 4.79 Å². The number of rotatable bonds is 6. The third-order valence-electron chi connectivity index (χ3n) is 11.8. The Balaban J connectivity index is 1.31. The van der Waals surface area contributed by atoms with Gasteiger partial charge in [-0.3, -0.25) is 4.79 Å². The van der Waals surface area contributed by atoms with Crippen LogP contribution in [0.2, 0.25) is 0 Å². The molecule has 5 aliphatic rings. The average molecular weight is 852 g/mol. The predicted octanol–water partition coefficient (Wildman–Crippen LogP) is 3.83. The van der Waals surface area contributed by atoms with E-state index in [1.54, 1.807) is 19.2 Å². The molecular formula is C35H42N5O5PbS. The molecule has 4 fully saturated rings. The van der Waals surface area contributed by atoms with Gasteiger partial charge in [0.25, 0.3) is 16.1 Å². The Morgan fingerprint density at radius 2 is 1.87 bits per heavy atom. The van der Waals surface area contributed by atoms with Gasteiger partial charge < -0.3 is 0 Å². The third-order valence-corrected chi connectivity index (χ3v) is 14.0. The molecule has 4 atom stereocenters. The number of fused-ring (bicyclic) bond motifs is 8. The molecule has 4 unspecified atom stereocenters. The Hall–Kier alpha value is -2.49. The van der Waals surface area contributed by atoms with Crippen LogP contribution in [0.25, 0.3) is 22.2 Å². The molecular weight excluding hydrogens is 810 g/mol. The number of aromatic nitrogens is 1. The van der Waals surface area contributed by atoms with Crippen molar-refractivity contribution in [3.8, 4) is 17.0 Å². The number of carbonyl (C=O) groups is 2. The van der Waals surface area contributed by atoms with Crippen molar-refractivity contribution in [2.45, 2.75) is 75.8 Å². The number of hydrogen-bond acceptors (Lipinski definition) is 6. The minimum atomic E-state index is -4.22. The topological polar surface area (TPSA) is 127 Å². The molecule has 12 heteroatoms. The first-order chi connectivity index (χ1) is 22.6. The molecule has 4 heterocycles. The Morgan fingerprint density at radius 1 is 1.06 bits per heavy atom. The van der Waals surface area contributed by atoms with E-state index in [0.717, 1.165) is 103 Å². The van der Waals surface area contributed by atoms with Crippen molar-refractivity contribution in [2.24, 2.45) is 16.5 Å². The van der Waals surface area contributed by atoms with Crippen LogP contribution in [-0.2, 0) is 21.5 Å². The van der Waals surface area contributed by atoms with E-state index in [2.05, 4.69) is 26.5 Å². The molecule has 0 bridgehead atoms. The van der Waals surface area contributed by atoms with Gasteiger partial charge in [0, 0.05) is 0 Å². The number of nitrogens with two attached hydrogens (primary N) is 1. The number of piperidine rings is 1. The molecule has 3 radical (unpaired) electrons. The Kier molecular flexibility index (Phi) is 8.00. The van der Waals surface area contributed by atoms with Gasteiger partial charge in [-0.15, -0.1) is 0 Å². The number of nitrogens with one attached hydrogen (secondary N) is 1. The number of carbonyl (C=O) groups excluding carboxylic acids is 2. The summed E-state index contributed by atoms with van der Waals surface area (Å²) in [5.74, 6) is 1.25. The summed E-state index contributed by atoms with van der Waals surface area (Å²) in [5, 5.41) is 6.25. The summed E-state index contributed by atoms with van der Waals surface area (Å²) < 4.78 is 34.7. The van der Waals surface area contributed by atoms with Crippen LogP contribution in [0.3, 0.4) is 0 Å². The summed E-state index contributed by atoms with van der Waals surface area (Å²) in [6.07, 6.45) is 8.74. The summed E-state index contributed by atoms with van der Waals surface area (Å²) in [6.45, 7) is 3.38. The van der Waals surface area contributed by atoms with Gasteiger partial charge in [-0.1, -0.05) is 19.3 Å². The fourth-order valence-corrected chi connectivity index (χ4v) is 10.9. The van der Waals surface area contributed by atoms with Gasteiger partial charge in [-0.2, -0.15) is 8.42 Å². The Bertz CT molecular complexity index is 1890. The third kappa shape index (κ3) is 5.34. The molecule has 2 aliphatic carbocycles. The minimum absolute atomic E-state index is 0.0691. The molecule has 2 saturated heterocycles. The number of ether oxygens (including phenoxy) is 1. The second-order valence-corrected chi connectivity index (χ2v) is 16.9. The van der Waals surface area contributed by atoms with Gasteiger partial charge in [0.2, 0.25) is 0 Å². The molecule has 8 rings (SSSR count). The van der Waals surface area contributed by atoms with E-state index in [4.69, 9.17) is 9.88 Å². The monoisotopic (exact) mass is 852 g/mol. The van der Waals surface area contributed by atoms with E-state index < -0.39 is 21.5 Å². The van der Waals surface area contributed by atoms with Crippen molar-refractivity contribution in [1.29, 1.82) is 0 Å². The Labute approximate surface area is 292 Å². The number of nitrogens with zero attached hydrogens (tertiary/aromatic N) is 3. The van der Waals surface area contributed by atoms with Gasteiger partial charge in [0.1, 0.15) is 0 Å². The maximum atomic E-state index is 15.1. The zero-order valence-electron chi connectivity index (χ0n) is 26.8. The van der Waals surface area contributed by atoms with Gasteiger partial charge in [0.15, 0.2) is 0 Å². The van der Waals surface area contributed by atoms with Crippen LogP contribution in [-0.4, -0.2) is 97.3 Å².